The lowest BCUT2D eigenvalue weighted by Crippen LogP contribution is -2.54. The van der Waals surface area contributed by atoms with E-state index >= 15 is 0 Å². The molecule has 1 saturated heterocycles. The van der Waals surface area contributed by atoms with E-state index in [1.807, 2.05) is 6.07 Å². The van der Waals surface area contributed by atoms with Gasteiger partial charge in [0.05, 0.1) is 13.2 Å². The third-order valence-corrected chi connectivity index (χ3v) is 3.44. The molecule has 21 heavy (non-hydrogen) atoms. The van der Waals surface area contributed by atoms with Crippen molar-refractivity contribution >= 4 is 40.8 Å². The summed E-state index contributed by atoms with van der Waals surface area (Å²) >= 11 is 17.6. The number of morpholine rings is 1. The Labute approximate surface area is 138 Å². The van der Waals surface area contributed by atoms with Gasteiger partial charge in [-0.2, -0.15) is 0 Å². The average Bonchev–Trinajstić information content (AvgIpc) is 2.47. The molecule has 0 saturated carbocycles. The van der Waals surface area contributed by atoms with Crippen molar-refractivity contribution < 1.29 is 14.3 Å². The Balaban J connectivity index is 2.01. The van der Waals surface area contributed by atoms with Crippen LogP contribution >= 0.6 is 34.8 Å². The number of hydrogen-bond acceptors (Lipinski definition) is 3. The van der Waals surface area contributed by atoms with E-state index in [1.54, 1.807) is 29.2 Å². The van der Waals surface area contributed by atoms with Crippen LogP contribution in [0.1, 0.15) is 0 Å². The molecule has 2 rings (SSSR count). The molecule has 1 fully saturated rings. The molecule has 5 nitrogen and oxygen atoms in total. The van der Waals surface area contributed by atoms with Crippen LogP contribution < -0.4 is 10.1 Å². The summed E-state index contributed by atoms with van der Waals surface area (Å²) in [7, 11) is 0. The maximum absolute atomic E-state index is 12.1. The number of hydrogen-bond donors (Lipinski definition) is 1. The second-order valence-corrected chi connectivity index (χ2v) is 6.77. The van der Waals surface area contributed by atoms with E-state index in [0.717, 1.165) is 0 Å². The van der Waals surface area contributed by atoms with Gasteiger partial charge in [-0.1, -0.05) is 53.0 Å². The smallest absolute Gasteiger partial charge is 0.320 e. The van der Waals surface area contributed by atoms with Gasteiger partial charge in [0.2, 0.25) is 10.0 Å². The number of carbonyl (C=O) groups excluding carboxylic acids is 1. The van der Waals surface area contributed by atoms with E-state index in [4.69, 9.17) is 44.3 Å². The highest BCUT2D eigenvalue weighted by molar-refractivity contribution is 6.68. The molecular formula is C13H15Cl3N2O3. The van der Waals surface area contributed by atoms with Crippen molar-refractivity contribution in [1.82, 2.24) is 10.2 Å². The minimum Gasteiger partial charge on any atom is -0.466 e. The van der Waals surface area contributed by atoms with Crippen molar-refractivity contribution in [2.24, 2.45) is 0 Å². The second-order valence-electron chi connectivity index (χ2n) is 4.40. The number of carbonyl (C=O) groups is 1. The van der Waals surface area contributed by atoms with Crippen molar-refractivity contribution in [2.75, 3.05) is 26.3 Å². The lowest BCUT2D eigenvalue weighted by molar-refractivity contribution is 0.0486. The molecule has 0 aromatic heterocycles. The molecule has 1 heterocycles. The Morgan fingerprint density at radius 2 is 1.86 bits per heavy atom. The molecule has 0 bridgehead atoms. The number of alkyl halides is 3. The van der Waals surface area contributed by atoms with E-state index < -0.39 is 10.0 Å². The van der Waals surface area contributed by atoms with Crippen LogP contribution in [0.25, 0.3) is 0 Å². The minimum atomic E-state index is -1.79. The maximum atomic E-state index is 12.1. The van der Waals surface area contributed by atoms with Crippen molar-refractivity contribution in [1.29, 1.82) is 0 Å². The normalized spacial score (nSPS) is 17.2. The molecule has 1 aromatic rings. The van der Waals surface area contributed by atoms with E-state index in [-0.39, 0.29) is 6.03 Å². The Kier molecular flexibility index (Phi) is 5.81. The van der Waals surface area contributed by atoms with Gasteiger partial charge >= 0.3 is 6.03 Å². The van der Waals surface area contributed by atoms with Crippen LogP contribution in [-0.4, -0.2) is 47.3 Å². The first kappa shape index (κ1) is 16.5. The number of urea groups is 1. The zero-order chi connectivity index (χ0) is 15.3. The first-order chi connectivity index (χ1) is 9.97. The van der Waals surface area contributed by atoms with Crippen LogP contribution in [0.4, 0.5) is 4.79 Å². The SMILES string of the molecule is O=C(N[C@@H](Oc1ccccc1)C(Cl)(Cl)Cl)N1CCOCC1. The second kappa shape index (κ2) is 7.40. The fourth-order valence-corrected chi connectivity index (χ4v) is 2.08. The molecule has 0 unspecified atom stereocenters. The highest BCUT2D eigenvalue weighted by Crippen LogP contribution is 2.32. The van der Waals surface area contributed by atoms with Gasteiger partial charge in [-0.05, 0) is 12.1 Å². The lowest BCUT2D eigenvalue weighted by atomic mass is 10.3. The minimum absolute atomic E-state index is 0.356. The van der Waals surface area contributed by atoms with Gasteiger partial charge in [0.25, 0.3) is 0 Å². The van der Waals surface area contributed by atoms with Crippen molar-refractivity contribution in [2.45, 2.75) is 10.0 Å². The molecule has 0 radical (unpaired) electrons. The molecule has 0 aliphatic carbocycles. The van der Waals surface area contributed by atoms with Crippen LogP contribution in [0.3, 0.4) is 0 Å². The molecular weight excluding hydrogens is 339 g/mol. The summed E-state index contributed by atoms with van der Waals surface area (Å²) in [5, 5.41) is 2.59. The Bertz CT molecular complexity index is 461. The van der Waals surface area contributed by atoms with Crippen molar-refractivity contribution in [3.63, 3.8) is 0 Å². The summed E-state index contributed by atoms with van der Waals surface area (Å²) in [6.45, 7) is 1.96. The number of nitrogens with zero attached hydrogens (tertiary/aromatic N) is 1. The number of ether oxygens (including phenoxy) is 2. The van der Waals surface area contributed by atoms with Crippen LogP contribution in [0.2, 0.25) is 0 Å². The number of amides is 2. The summed E-state index contributed by atoms with van der Waals surface area (Å²) in [5.74, 6) is 0.496. The van der Waals surface area contributed by atoms with Gasteiger partial charge in [0, 0.05) is 13.1 Å². The number of halogens is 3. The molecule has 8 heteroatoms. The summed E-state index contributed by atoms with van der Waals surface area (Å²) in [5.41, 5.74) is 0. The monoisotopic (exact) mass is 352 g/mol. The Hall–Kier alpha value is -0.880. The zero-order valence-electron chi connectivity index (χ0n) is 11.1. The fraction of sp³-hybridized carbons (Fsp3) is 0.462. The maximum Gasteiger partial charge on any atom is 0.320 e. The van der Waals surface area contributed by atoms with Crippen LogP contribution in [0.5, 0.6) is 5.75 Å². The molecule has 116 valence electrons. The van der Waals surface area contributed by atoms with Crippen molar-refractivity contribution in [3.05, 3.63) is 30.3 Å². The standard InChI is InChI=1S/C13H15Cl3N2O3/c14-13(15,16)11(21-10-4-2-1-3-5-10)17-12(19)18-6-8-20-9-7-18/h1-5,11H,6-9H2,(H,17,19)/t11-/m0/s1. The first-order valence-corrected chi connectivity index (χ1v) is 7.52. The number of rotatable bonds is 3. The molecule has 1 aliphatic rings. The van der Waals surface area contributed by atoms with E-state index in [1.165, 1.54) is 0 Å². The lowest BCUT2D eigenvalue weighted by Gasteiger charge is -2.31. The predicted molar refractivity (Wildman–Crippen MR) is 82.1 cm³/mol. The van der Waals surface area contributed by atoms with Gasteiger partial charge in [-0.25, -0.2) is 4.79 Å². The molecule has 1 aliphatic heterocycles. The number of benzene rings is 1. The largest absolute Gasteiger partial charge is 0.466 e. The Morgan fingerprint density at radius 3 is 2.43 bits per heavy atom. The van der Waals surface area contributed by atoms with Gasteiger partial charge in [-0.15, -0.1) is 0 Å². The fourth-order valence-electron chi connectivity index (χ4n) is 1.78. The summed E-state index contributed by atoms with van der Waals surface area (Å²) in [4.78, 5) is 13.7. The van der Waals surface area contributed by atoms with E-state index in [9.17, 15) is 4.79 Å². The highest BCUT2D eigenvalue weighted by atomic mass is 35.6. The topological polar surface area (TPSA) is 50.8 Å². The van der Waals surface area contributed by atoms with E-state index in [0.29, 0.717) is 32.1 Å². The number of nitrogens with one attached hydrogen (secondary N) is 1. The van der Waals surface area contributed by atoms with E-state index in [2.05, 4.69) is 5.32 Å². The van der Waals surface area contributed by atoms with Crippen molar-refractivity contribution in [3.8, 4) is 5.75 Å². The van der Waals surface area contributed by atoms with Crippen LogP contribution in [-0.2, 0) is 4.74 Å². The first-order valence-electron chi connectivity index (χ1n) is 6.38. The third-order valence-electron chi connectivity index (χ3n) is 2.85. The van der Waals surface area contributed by atoms with Gasteiger partial charge in [-0.3, -0.25) is 5.32 Å². The summed E-state index contributed by atoms with van der Waals surface area (Å²) in [6, 6.07) is 8.48. The van der Waals surface area contributed by atoms with Crippen LogP contribution in [0.15, 0.2) is 30.3 Å². The predicted octanol–water partition coefficient (Wildman–Crippen LogP) is 2.80. The third kappa shape index (κ3) is 5.11. The summed E-state index contributed by atoms with van der Waals surface area (Å²) in [6.07, 6.45) is -1.10. The molecule has 1 N–H and O–H groups in total. The molecule has 0 spiro atoms. The summed E-state index contributed by atoms with van der Waals surface area (Å²) < 4.78 is 8.95. The Morgan fingerprint density at radius 1 is 1.24 bits per heavy atom. The van der Waals surface area contributed by atoms with Gasteiger partial charge < -0.3 is 14.4 Å². The van der Waals surface area contributed by atoms with Gasteiger partial charge in [0.15, 0.2) is 0 Å². The average molecular weight is 354 g/mol. The van der Waals surface area contributed by atoms with Crippen LogP contribution in [0, 0.1) is 0 Å². The molecule has 1 atom stereocenters. The molecule has 1 aromatic carbocycles. The number of para-hydroxylation sites is 1. The quantitative estimate of drug-likeness (QED) is 0.671. The van der Waals surface area contributed by atoms with Gasteiger partial charge in [0.1, 0.15) is 5.75 Å². The zero-order valence-corrected chi connectivity index (χ0v) is 13.4. The molecule has 2 amide bonds. The highest BCUT2D eigenvalue weighted by Gasteiger charge is 2.37.